The van der Waals surface area contributed by atoms with Crippen molar-refractivity contribution in [1.82, 2.24) is 5.32 Å². The quantitative estimate of drug-likeness (QED) is 0.748. The molecule has 0 radical (unpaired) electrons. The van der Waals surface area contributed by atoms with Crippen LogP contribution in [0.5, 0.6) is 0 Å². The highest BCUT2D eigenvalue weighted by molar-refractivity contribution is 5.48. The van der Waals surface area contributed by atoms with Gasteiger partial charge in [-0.2, -0.15) is 0 Å². The minimum atomic E-state index is 0.477. The molecule has 102 valence electrons. The number of nitrogens with one attached hydrogen (secondary N) is 1. The molecule has 0 amide bonds. The third-order valence-electron chi connectivity index (χ3n) is 3.40. The second kappa shape index (κ2) is 8.15. The molecule has 1 atom stereocenters. The van der Waals surface area contributed by atoms with E-state index in [0.717, 1.165) is 19.5 Å². The maximum absolute atomic E-state index is 3.35. The van der Waals surface area contributed by atoms with Crippen LogP contribution in [0, 0.1) is 0 Å². The number of anilines is 1. The number of nitrogens with zero attached hydrogens (tertiary/aromatic N) is 1. The highest BCUT2D eigenvalue weighted by Crippen LogP contribution is 2.21. The maximum atomic E-state index is 3.35. The fourth-order valence-corrected chi connectivity index (χ4v) is 2.43. The maximum Gasteiger partial charge on any atom is 0.0366 e. The number of benzene rings is 1. The van der Waals surface area contributed by atoms with Crippen LogP contribution in [0.3, 0.4) is 0 Å². The molecule has 0 saturated heterocycles. The van der Waals surface area contributed by atoms with Gasteiger partial charge in [-0.1, -0.05) is 32.9 Å². The Labute approximate surface area is 112 Å². The van der Waals surface area contributed by atoms with E-state index >= 15 is 0 Å². The lowest BCUT2D eigenvalue weighted by Crippen LogP contribution is -2.24. The summed E-state index contributed by atoms with van der Waals surface area (Å²) in [5.41, 5.74) is 2.74. The van der Waals surface area contributed by atoms with Crippen LogP contribution in [0.1, 0.15) is 51.6 Å². The van der Waals surface area contributed by atoms with Gasteiger partial charge in [0.05, 0.1) is 0 Å². The van der Waals surface area contributed by atoms with Crippen LogP contribution in [-0.2, 0) is 0 Å². The SMILES string of the molecule is CCCN(CCC)c1ccc(C(CC)NC)cc1. The summed E-state index contributed by atoms with van der Waals surface area (Å²) >= 11 is 0. The van der Waals surface area contributed by atoms with Crippen LogP contribution in [0.25, 0.3) is 0 Å². The lowest BCUT2D eigenvalue weighted by atomic mass is 10.0. The molecule has 0 aliphatic carbocycles. The lowest BCUT2D eigenvalue weighted by Gasteiger charge is -2.24. The molecular formula is C16H28N2. The summed E-state index contributed by atoms with van der Waals surface area (Å²) in [7, 11) is 2.03. The van der Waals surface area contributed by atoms with Crippen LogP contribution in [-0.4, -0.2) is 20.1 Å². The van der Waals surface area contributed by atoms with Gasteiger partial charge in [-0.25, -0.2) is 0 Å². The Morgan fingerprint density at radius 3 is 1.94 bits per heavy atom. The smallest absolute Gasteiger partial charge is 0.0366 e. The molecule has 1 aromatic rings. The molecule has 1 rings (SSSR count). The monoisotopic (exact) mass is 248 g/mol. The number of hydrogen-bond donors (Lipinski definition) is 1. The van der Waals surface area contributed by atoms with Crippen LogP contribution in [0.15, 0.2) is 24.3 Å². The van der Waals surface area contributed by atoms with Crippen LogP contribution in [0.4, 0.5) is 5.69 Å². The highest BCUT2D eigenvalue weighted by Gasteiger charge is 2.08. The summed E-state index contributed by atoms with van der Waals surface area (Å²) in [6, 6.07) is 9.53. The molecular weight excluding hydrogens is 220 g/mol. The van der Waals surface area contributed by atoms with Crippen molar-refractivity contribution in [2.75, 3.05) is 25.0 Å². The molecule has 0 aliphatic heterocycles. The van der Waals surface area contributed by atoms with Crippen molar-refractivity contribution < 1.29 is 0 Å². The zero-order valence-electron chi connectivity index (χ0n) is 12.4. The predicted octanol–water partition coefficient (Wildman–Crippen LogP) is 3.98. The molecule has 18 heavy (non-hydrogen) atoms. The molecule has 0 fully saturated rings. The van der Waals surface area contributed by atoms with E-state index in [0.29, 0.717) is 6.04 Å². The van der Waals surface area contributed by atoms with E-state index in [9.17, 15) is 0 Å². The molecule has 0 heterocycles. The molecule has 1 N–H and O–H groups in total. The largest absolute Gasteiger partial charge is 0.372 e. The summed E-state index contributed by atoms with van der Waals surface area (Å²) in [6.07, 6.45) is 3.54. The third kappa shape index (κ3) is 4.02. The molecule has 1 unspecified atom stereocenters. The van der Waals surface area contributed by atoms with E-state index in [2.05, 4.69) is 55.3 Å². The van der Waals surface area contributed by atoms with Crippen LogP contribution >= 0.6 is 0 Å². The second-order valence-electron chi connectivity index (χ2n) is 4.83. The van der Waals surface area contributed by atoms with Crippen molar-refractivity contribution in [2.45, 2.75) is 46.1 Å². The van der Waals surface area contributed by atoms with Crippen molar-refractivity contribution in [3.63, 3.8) is 0 Å². The van der Waals surface area contributed by atoms with Gasteiger partial charge >= 0.3 is 0 Å². The normalized spacial score (nSPS) is 12.4. The van der Waals surface area contributed by atoms with Gasteiger partial charge in [0.1, 0.15) is 0 Å². The minimum absolute atomic E-state index is 0.477. The fourth-order valence-electron chi connectivity index (χ4n) is 2.43. The lowest BCUT2D eigenvalue weighted by molar-refractivity contribution is 0.577. The third-order valence-corrected chi connectivity index (χ3v) is 3.40. The Bertz CT molecular complexity index is 308. The molecule has 0 aliphatic rings. The summed E-state index contributed by atoms with van der Waals surface area (Å²) in [5.74, 6) is 0. The van der Waals surface area contributed by atoms with Gasteiger partial charge in [0.25, 0.3) is 0 Å². The first-order valence-electron chi connectivity index (χ1n) is 7.28. The summed E-state index contributed by atoms with van der Waals surface area (Å²) in [6.45, 7) is 9.00. The first kappa shape index (κ1) is 15.0. The van der Waals surface area contributed by atoms with E-state index in [-0.39, 0.29) is 0 Å². The van der Waals surface area contributed by atoms with E-state index in [1.165, 1.54) is 24.1 Å². The summed E-state index contributed by atoms with van der Waals surface area (Å²) in [4.78, 5) is 2.48. The van der Waals surface area contributed by atoms with E-state index in [1.54, 1.807) is 0 Å². The zero-order valence-corrected chi connectivity index (χ0v) is 12.4. The molecule has 2 nitrogen and oxygen atoms in total. The topological polar surface area (TPSA) is 15.3 Å². The van der Waals surface area contributed by atoms with Gasteiger partial charge in [0.2, 0.25) is 0 Å². The number of rotatable bonds is 8. The Morgan fingerprint density at radius 1 is 1.00 bits per heavy atom. The molecule has 0 aromatic heterocycles. The van der Waals surface area contributed by atoms with E-state index < -0.39 is 0 Å². The molecule has 0 bridgehead atoms. The average molecular weight is 248 g/mol. The second-order valence-corrected chi connectivity index (χ2v) is 4.83. The van der Waals surface area contributed by atoms with Gasteiger partial charge in [-0.3, -0.25) is 0 Å². The summed E-state index contributed by atoms with van der Waals surface area (Å²) < 4.78 is 0. The Kier molecular flexibility index (Phi) is 6.81. The Morgan fingerprint density at radius 2 is 1.56 bits per heavy atom. The summed E-state index contributed by atoms with van der Waals surface area (Å²) in [5, 5.41) is 3.35. The van der Waals surface area contributed by atoms with Gasteiger partial charge in [0.15, 0.2) is 0 Å². The Balaban J connectivity index is 2.79. The van der Waals surface area contributed by atoms with E-state index in [1.807, 2.05) is 7.05 Å². The Hall–Kier alpha value is -1.02. The van der Waals surface area contributed by atoms with Gasteiger partial charge in [0, 0.05) is 24.8 Å². The van der Waals surface area contributed by atoms with E-state index in [4.69, 9.17) is 0 Å². The standard InChI is InChI=1S/C16H28N2/c1-5-12-18(13-6-2)15-10-8-14(9-11-15)16(7-3)17-4/h8-11,16-17H,5-7,12-13H2,1-4H3. The first-order valence-corrected chi connectivity index (χ1v) is 7.28. The predicted molar refractivity (Wildman–Crippen MR) is 81.3 cm³/mol. The average Bonchev–Trinajstić information content (AvgIpc) is 2.41. The van der Waals surface area contributed by atoms with Gasteiger partial charge in [-0.05, 0) is 44.0 Å². The minimum Gasteiger partial charge on any atom is -0.372 e. The van der Waals surface area contributed by atoms with Crippen molar-refractivity contribution in [1.29, 1.82) is 0 Å². The zero-order chi connectivity index (χ0) is 13.4. The van der Waals surface area contributed by atoms with Gasteiger partial charge in [-0.15, -0.1) is 0 Å². The fraction of sp³-hybridized carbons (Fsp3) is 0.625. The molecule has 0 spiro atoms. The van der Waals surface area contributed by atoms with Crippen LogP contribution in [0.2, 0.25) is 0 Å². The number of hydrogen-bond acceptors (Lipinski definition) is 2. The highest BCUT2D eigenvalue weighted by atomic mass is 15.1. The molecule has 2 heteroatoms. The molecule has 1 aromatic carbocycles. The van der Waals surface area contributed by atoms with Crippen molar-refractivity contribution in [2.24, 2.45) is 0 Å². The van der Waals surface area contributed by atoms with Crippen molar-refractivity contribution >= 4 is 5.69 Å². The molecule has 0 saturated carbocycles. The first-order chi connectivity index (χ1) is 8.76. The van der Waals surface area contributed by atoms with Crippen LogP contribution < -0.4 is 10.2 Å². The van der Waals surface area contributed by atoms with Crippen molar-refractivity contribution in [3.8, 4) is 0 Å². The van der Waals surface area contributed by atoms with Crippen molar-refractivity contribution in [3.05, 3.63) is 29.8 Å². The van der Waals surface area contributed by atoms with Gasteiger partial charge < -0.3 is 10.2 Å².